The summed E-state index contributed by atoms with van der Waals surface area (Å²) in [6, 6.07) is 45.9. The monoisotopic (exact) mass is 664 g/mol. The first-order valence-electron chi connectivity index (χ1n) is 16.3. The molecule has 1 aliphatic heterocycles. The molecule has 0 spiro atoms. The quantitative estimate of drug-likeness (QED) is 0.122. The first-order chi connectivity index (χ1) is 23.7. The summed E-state index contributed by atoms with van der Waals surface area (Å²) in [4.78, 5) is 0. The minimum atomic E-state index is -0.576. The van der Waals surface area contributed by atoms with Gasteiger partial charge in [0.2, 0.25) is 0 Å². The van der Waals surface area contributed by atoms with Crippen molar-refractivity contribution in [3.8, 4) is 0 Å². The van der Waals surface area contributed by atoms with Crippen LogP contribution < -0.4 is 0 Å². The Kier molecular flexibility index (Phi) is 12.4. The topological polar surface area (TPSA) is 66.4 Å². The average molecular weight is 665 g/mol. The van der Waals surface area contributed by atoms with Gasteiger partial charge >= 0.3 is 0 Å². The van der Waals surface area contributed by atoms with Gasteiger partial charge in [0.15, 0.2) is 0 Å². The van der Waals surface area contributed by atoms with Crippen LogP contribution in [0.1, 0.15) is 39.5 Å². The van der Waals surface area contributed by atoms with Gasteiger partial charge in [-0.2, -0.15) is 0 Å². The normalized spacial score (nSPS) is 20.8. The molecule has 5 atom stereocenters. The molecule has 0 bridgehead atoms. The maximum atomic E-state index is 10.1. The van der Waals surface area contributed by atoms with Crippen LogP contribution in [0.15, 0.2) is 140 Å². The van der Waals surface area contributed by atoms with E-state index in [1.807, 2.05) is 133 Å². The van der Waals surface area contributed by atoms with Crippen LogP contribution in [0.5, 0.6) is 0 Å². The van der Waals surface area contributed by atoms with E-state index in [9.17, 15) is 5.11 Å². The van der Waals surface area contributed by atoms with Crippen LogP contribution in [0.4, 0.5) is 0 Å². The second kappa shape index (κ2) is 17.5. The molecule has 1 N–H and O–H groups in total. The molecule has 7 heteroatoms. The van der Waals surface area contributed by atoms with Crippen molar-refractivity contribution in [1.29, 1.82) is 0 Å². The third kappa shape index (κ3) is 9.19. The van der Waals surface area contributed by atoms with Crippen LogP contribution in [-0.4, -0.2) is 36.1 Å². The zero-order valence-electron chi connectivity index (χ0n) is 26.8. The van der Waals surface area contributed by atoms with Crippen LogP contribution >= 0.6 is 11.6 Å². The van der Waals surface area contributed by atoms with Crippen LogP contribution in [-0.2, 0) is 56.7 Å². The second-order valence-electron chi connectivity index (χ2n) is 11.9. The lowest BCUT2D eigenvalue weighted by Gasteiger charge is -2.46. The Morgan fingerprint density at radius 2 is 1.00 bits per heavy atom. The zero-order valence-corrected chi connectivity index (χ0v) is 27.5. The Bertz CT molecular complexity index is 1650. The van der Waals surface area contributed by atoms with E-state index >= 15 is 0 Å². The highest BCUT2D eigenvalue weighted by atomic mass is 35.5. The highest BCUT2D eigenvalue weighted by Crippen LogP contribution is 2.39. The lowest BCUT2D eigenvalue weighted by molar-refractivity contribution is -0.275. The van der Waals surface area contributed by atoms with E-state index in [4.69, 9.17) is 35.3 Å². The van der Waals surface area contributed by atoms with E-state index in [-0.39, 0.29) is 13.2 Å². The minimum absolute atomic E-state index is 0.199. The predicted molar refractivity (Wildman–Crippen MR) is 186 cm³/mol. The number of hydrogen-bond donors (Lipinski definition) is 1. The van der Waals surface area contributed by atoms with Gasteiger partial charge in [-0.25, -0.2) is 0 Å². The zero-order chi connectivity index (χ0) is 33.0. The molecule has 248 valence electrons. The van der Waals surface area contributed by atoms with Gasteiger partial charge < -0.3 is 28.8 Å². The van der Waals surface area contributed by atoms with Crippen LogP contribution in [0.3, 0.4) is 0 Å². The highest BCUT2D eigenvalue weighted by Gasteiger charge is 2.49. The van der Waals surface area contributed by atoms with Gasteiger partial charge in [0, 0.05) is 5.02 Å². The molecule has 0 amide bonds. The molecule has 1 aliphatic rings. The molecular formula is C41H41ClO6. The molecule has 5 aromatic carbocycles. The van der Waals surface area contributed by atoms with Gasteiger partial charge in [-0.05, 0) is 45.5 Å². The van der Waals surface area contributed by atoms with Crippen molar-refractivity contribution in [2.75, 3.05) is 6.61 Å². The largest absolute Gasteiger partial charge is 0.392 e. The summed E-state index contributed by atoms with van der Waals surface area (Å²) in [5.41, 5.74) is 5.61. The molecule has 0 aliphatic carbocycles. The smallest absolute Gasteiger partial charge is 0.117 e. The van der Waals surface area contributed by atoms with Gasteiger partial charge in [0.1, 0.15) is 30.5 Å². The lowest BCUT2D eigenvalue weighted by atomic mass is 9.89. The number of halogens is 1. The molecule has 0 radical (unpaired) electrons. The summed E-state index contributed by atoms with van der Waals surface area (Å²) < 4.78 is 33.6. The van der Waals surface area contributed by atoms with Gasteiger partial charge in [-0.1, -0.05) is 139 Å². The number of ether oxygens (including phenoxy) is 5. The fourth-order valence-corrected chi connectivity index (χ4v) is 6.13. The maximum Gasteiger partial charge on any atom is 0.117 e. The van der Waals surface area contributed by atoms with Crippen molar-refractivity contribution >= 4 is 11.6 Å². The molecule has 48 heavy (non-hydrogen) atoms. The molecule has 0 unspecified atom stereocenters. The number of rotatable bonds is 15. The number of hydrogen-bond acceptors (Lipinski definition) is 6. The molecule has 6 rings (SSSR count). The Morgan fingerprint density at radius 3 is 1.50 bits per heavy atom. The minimum Gasteiger partial charge on any atom is -0.392 e. The summed E-state index contributed by atoms with van der Waals surface area (Å²) in [5.74, 6) is 0. The average Bonchev–Trinajstić information content (AvgIpc) is 3.14. The SMILES string of the molecule is OCc1cc([C@@H]2O[C@H](COCc3ccccc3)[C@@H](OCc3ccccc3)[C@H](OCc3ccccc3)[C@H]2OCc2ccccc2)ccc1Cl. The molecule has 6 nitrogen and oxygen atoms in total. The molecule has 0 aromatic heterocycles. The molecule has 1 saturated heterocycles. The van der Waals surface area contributed by atoms with E-state index in [0.717, 1.165) is 27.8 Å². The molecule has 1 heterocycles. The summed E-state index contributed by atoms with van der Waals surface area (Å²) in [5, 5.41) is 10.6. The van der Waals surface area contributed by atoms with E-state index < -0.39 is 30.5 Å². The van der Waals surface area contributed by atoms with E-state index in [1.54, 1.807) is 6.07 Å². The highest BCUT2D eigenvalue weighted by molar-refractivity contribution is 6.31. The van der Waals surface area contributed by atoms with Crippen molar-refractivity contribution in [3.05, 3.63) is 178 Å². The molecule has 5 aromatic rings. The van der Waals surface area contributed by atoms with Gasteiger partial charge in [-0.3, -0.25) is 0 Å². The first kappa shape index (κ1) is 34.0. The fourth-order valence-electron chi connectivity index (χ4n) is 5.95. The van der Waals surface area contributed by atoms with Crippen LogP contribution in [0.25, 0.3) is 0 Å². The van der Waals surface area contributed by atoms with E-state index in [1.165, 1.54) is 0 Å². The second-order valence-corrected chi connectivity index (χ2v) is 12.3. The Hall–Kier alpha value is -3.85. The summed E-state index contributed by atoms with van der Waals surface area (Å²) >= 11 is 6.44. The molecule has 0 saturated carbocycles. The van der Waals surface area contributed by atoms with Crippen LogP contribution in [0.2, 0.25) is 5.02 Å². The van der Waals surface area contributed by atoms with Crippen molar-refractivity contribution in [2.45, 2.75) is 63.6 Å². The molecular weight excluding hydrogens is 624 g/mol. The Balaban J connectivity index is 1.36. The van der Waals surface area contributed by atoms with Gasteiger partial charge in [-0.15, -0.1) is 0 Å². The summed E-state index contributed by atoms with van der Waals surface area (Å²) in [7, 11) is 0. The Morgan fingerprint density at radius 1 is 0.542 bits per heavy atom. The Labute approximate surface area is 287 Å². The maximum absolute atomic E-state index is 10.1. The fraction of sp³-hybridized carbons (Fsp3) is 0.268. The summed E-state index contributed by atoms with van der Waals surface area (Å²) in [6.07, 6.45) is -2.74. The van der Waals surface area contributed by atoms with Crippen molar-refractivity contribution in [3.63, 3.8) is 0 Å². The van der Waals surface area contributed by atoms with Gasteiger partial charge in [0.25, 0.3) is 0 Å². The van der Waals surface area contributed by atoms with Crippen LogP contribution in [0, 0.1) is 0 Å². The van der Waals surface area contributed by atoms with Crippen molar-refractivity contribution in [1.82, 2.24) is 0 Å². The third-order valence-electron chi connectivity index (χ3n) is 8.45. The summed E-state index contributed by atoms with van der Waals surface area (Å²) in [6.45, 7) is 1.56. The van der Waals surface area contributed by atoms with E-state index in [2.05, 4.69) is 0 Å². The first-order valence-corrected chi connectivity index (χ1v) is 16.7. The van der Waals surface area contributed by atoms with Crippen molar-refractivity contribution < 1.29 is 28.8 Å². The predicted octanol–water partition coefficient (Wildman–Crippen LogP) is 8.25. The van der Waals surface area contributed by atoms with Crippen molar-refractivity contribution in [2.24, 2.45) is 0 Å². The third-order valence-corrected chi connectivity index (χ3v) is 8.82. The van der Waals surface area contributed by atoms with Gasteiger partial charge in [0.05, 0.1) is 39.6 Å². The number of benzene rings is 5. The van der Waals surface area contributed by atoms with E-state index in [0.29, 0.717) is 37.0 Å². The number of aliphatic hydroxyl groups excluding tert-OH is 1. The number of aliphatic hydroxyl groups is 1. The molecule has 1 fully saturated rings. The standard InChI is InChI=1S/C41H41ClO6/c42-36-22-21-34(23-35(36)24-43)38-40(46-27-32-17-9-3-10-18-32)41(47-28-33-19-11-4-12-20-33)39(45-26-31-15-7-2-8-16-31)37(48-38)29-44-25-30-13-5-1-6-14-30/h1-23,37-41,43H,24-29H2/t37-,38+,39-,40+,41+/m1/s1. The lowest BCUT2D eigenvalue weighted by Crippen LogP contribution is -2.58.